The molecule has 90 valence electrons. The minimum atomic E-state index is -0.121. The van der Waals surface area contributed by atoms with Crippen molar-refractivity contribution in [2.45, 2.75) is 20.3 Å². The highest BCUT2D eigenvalue weighted by Crippen LogP contribution is 2.16. The summed E-state index contributed by atoms with van der Waals surface area (Å²) in [5.41, 5.74) is 0. The highest BCUT2D eigenvalue weighted by Gasteiger charge is 2.17. The van der Waals surface area contributed by atoms with Gasteiger partial charge in [0.15, 0.2) is 5.82 Å². The van der Waals surface area contributed by atoms with E-state index in [-0.39, 0.29) is 6.03 Å². The molecule has 0 fully saturated rings. The van der Waals surface area contributed by atoms with Crippen LogP contribution >= 0.6 is 0 Å². The lowest BCUT2D eigenvalue weighted by molar-refractivity contribution is 0.224. The summed E-state index contributed by atoms with van der Waals surface area (Å²) in [4.78, 5) is 14.6. The molecule has 5 nitrogen and oxygen atoms in total. The molecule has 0 bridgehead atoms. The van der Waals surface area contributed by atoms with Crippen molar-refractivity contribution in [1.29, 1.82) is 0 Å². The third kappa shape index (κ3) is 2.98. The Morgan fingerprint density at radius 2 is 2.06 bits per heavy atom. The van der Waals surface area contributed by atoms with Gasteiger partial charge in [0.05, 0.1) is 0 Å². The van der Waals surface area contributed by atoms with Crippen LogP contribution in [0.15, 0.2) is 10.6 Å². The molecule has 16 heavy (non-hydrogen) atoms. The summed E-state index contributed by atoms with van der Waals surface area (Å²) in [5.74, 6) is 1.87. The van der Waals surface area contributed by atoms with Crippen LogP contribution in [-0.4, -0.2) is 37.2 Å². The van der Waals surface area contributed by atoms with E-state index in [1.54, 1.807) is 27.2 Å². The number of nitrogens with zero attached hydrogens (tertiary/aromatic N) is 3. The number of hydrogen-bond acceptors (Lipinski definition) is 3. The molecule has 1 heterocycles. The summed E-state index contributed by atoms with van der Waals surface area (Å²) < 4.78 is 5.16. The maximum absolute atomic E-state index is 11.6. The molecule has 1 aromatic rings. The largest absolute Gasteiger partial charge is 0.359 e. The minimum Gasteiger partial charge on any atom is -0.359 e. The van der Waals surface area contributed by atoms with Gasteiger partial charge in [-0.2, -0.15) is 0 Å². The molecule has 0 N–H and O–H groups in total. The number of carbonyl (C=O) groups excluding carboxylic acids is 1. The summed E-state index contributed by atoms with van der Waals surface area (Å²) >= 11 is 0. The molecule has 0 spiro atoms. The lowest BCUT2D eigenvalue weighted by atomic mass is 10.1. The number of carbonyl (C=O) groups is 1. The Bertz CT molecular complexity index is 358. The predicted octanol–water partition coefficient (Wildman–Crippen LogP) is 1.99. The Labute approximate surface area is 96.0 Å². The fourth-order valence-corrected chi connectivity index (χ4v) is 1.36. The Kier molecular flexibility index (Phi) is 3.93. The number of urea groups is 1. The summed E-state index contributed by atoms with van der Waals surface area (Å²) in [6, 6.07) is 1.69. The second-order valence-corrected chi connectivity index (χ2v) is 4.49. The average Bonchev–Trinajstić information content (AvgIpc) is 2.62. The van der Waals surface area contributed by atoms with Crippen molar-refractivity contribution in [2.24, 2.45) is 5.92 Å². The van der Waals surface area contributed by atoms with Gasteiger partial charge in [-0.3, -0.25) is 4.90 Å². The van der Waals surface area contributed by atoms with Crippen LogP contribution in [0.3, 0.4) is 0 Å². The molecular weight excluding hydrogens is 206 g/mol. The van der Waals surface area contributed by atoms with Crippen LogP contribution in [0.5, 0.6) is 0 Å². The standard InChI is InChI=1S/C11H19N3O2/c1-8(2)6-9-7-10(12-16-9)14(5)11(15)13(3)4/h7-8H,6H2,1-5H3. The molecule has 2 amide bonds. The first-order chi connectivity index (χ1) is 7.41. The highest BCUT2D eigenvalue weighted by atomic mass is 16.5. The highest BCUT2D eigenvalue weighted by molar-refractivity contribution is 5.89. The number of anilines is 1. The lowest BCUT2D eigenvalue weighted by Gasteiger charge is -2.18. The maximum Gasteiger partial charge on any atom is 0.324 e. The molecule has 0 atom stereocenters. The van der Waals surface area contributed by atoms with E-state index < -0.39 is 0 Å². The predicted molar refractivity (Wildman–Crippen MR) is 62.5 cm³/mol. The minimum absolute atomic E-state index is 0.121. The molecular formula is C11H19N3O2. The molecule has 0 aliphatic heterocycles. The van der Waals surface area contributed by atoms with Crippen molar-refractivity contribution in [2.75, 3.05) is 26.0 Å². The van der Waals surface area contributed by atoms with Gasteiger partial charge in [-0.15, -0.1) is 0 Å². The monoisotopic (exact) mass is 225 g/mol. The van der Waals surface area contributed by atoms with Gasteiger partial charge in [-0.25, -0.2) is 4.79 Å². The van der Waals surface area contributed by atoms with Crippen LogP contribution < -0.4 is 4.90 Å². The summed E-state index contributed by atoms with van der Waals surface area (Å²) in [7, 11) is 5.08. The SMILES string of the molecule is CC(C)Cc1cc(N(C)C(=O)N(C)C)no1. The quantitative estimate of drug-likeness (QED) is 0.790. The van der Waals surface area contributed by atoms with Crippen molar-refractivity contribution in [3.63, 3.8) is 0 Å². The third-order valence-electron chi connectivity index (χ3n) is 2.17. The van der Waals surface area contributed by atoms with Crippen molar-refractivity contribution in [3.05, 3.63) is 11.8 Å². The first kappa shape index (κ1) is 12.5. The zero-order chi connectivity index (χ0) is 12.3. The Balaban J connectivity index is 2.74. The van der Waals surface area contributed by atoms with Gasteiger partial charge in [0, 0.05) is 33.6 Å². The van der Waals surface area contributed by atoms with E-state index in [0.717, 1.165) is 12.2 Å². The fourth-order valence-electron chi connectivity index (χ4n) is 1.36. The first-order valence-electron chi connectivity index (χ1n) is 5.32. The van der Waals surface area contributed by atoms with Crippen LogP contribution in [0.1, 0.15) is 19.6 Å². The van der Waals surface area contributed by atoms with E-state index in [0.29, 0.717) is 11.7 Å². The molecule has 1 rings (SSSR count). The van der Waals surface area contributed by atoms with Crippen LogP contribution in [-0.2, 0) is 6.42 Å². The van der Waals surface area contributed by atoms with Gasteiger partial charge >= 0.3 is 6.03 Å². The van der Waals surface area contributed by atoms with Crippen molar-refractivity contribution >= 4 is 11.8 Å². The van der Waals surface area contributed by atoms with E-state index in [2.05, 4.69) is 19.0 Å². The van der Waals surface area contributed by atoms with Gasteiger partial charge < -0.3 is 9.42 Å². The van der Waals surface area contributed by atoms with Gasteiger partial charge in [0.25, 0.3) is 0 Å². The zero-order valence-corrected chi connectivity index (χ0v) is 10.5. The second kappa shape index (κ2) is 5.01. The zero-order valence-electron chi connectivity index (χ0n) is 10.5. The van der Waals surface area contributed by atoms with Gasteiger partial charge in [-0.1, -0.05) is 19.0 Å². The molecule has 1 aromatic heterocycles. The van der Waals surface area contributed by atoms with Gasteiger partial charge in [0.2, 0.25) is 0 Å². The van der Waals surface area contributed by atoms with Crippen LogP contribution in [0.25, 0.3) is 0 Å². The molecule has 0 aliphatic rings. The van der Waals surface area contributed by atoms with Crippen molar-refractivity contribution < 1.29 is 9.32 Å². The molecule has 5 heteroatoms. The van der Waals surface area contributed by atoms with Crippen LogP contribution in [0.2, 0.25) is 0 Å². The van der Waals surface area contributed by atoms with Crippen molar-refractivity contribution in [1.82, 2.24) is 10.1 Å². The molecule has 0 unspecified atom stereocenters. The van der Waals surface area contributed by atoms with E-state index in [9.17, 15) is 4.79 Å². The van der Waals surface area contributed by atoms with E-state index >= 15 is 0 Å². The van der Waals surface area contributed by atoms with Crippen LogP contribution in [0.4, 0.5) is 10.6 Å². The summed E-state index contributed by atoms with van der Waals surface area (Å²) in [6.45, 7) is 4.22. The number of rotatable bonds is 3. The second-order valence-electron chi connectivity index (χ2n) is 4.49. The first-order valence-corrected chi connectivity index (χ1v) is 5.32. The molecule has 0 saturated heterocycles. The smallest absolute Gasteiger partial charge is 0.324 e. The lowest BCUT2D eigenvalue weighted by Crippen LogP contribution is -2.36. The van der Waals surface area contributed by atoms with E-state index in [4.69, 9.17) is 4.52 Å². The number of aromatic nitrogens is 1. The topological polar surface area (TPSA) is 49.6 Å². The Morgan fingerprint density at radius 3 is 2.56 bits per heavy atom. The van der Waals surface area contributed by atoms with Crippen LogP contribution in [0, 0.1) is 5.92 Å². The number of amides is 2. The molecule has 0 aliphatic carbocycles. The summed E-state index contributed by atoms with van der Waals surface area (Å²) in [6.07, 6.45) is 0.830. The van der Waals surface area contributed by atoms with E-state index in [1.807, 2.05) is 0 Å². The number of hydrogen-bond donors (Lipinski definition) is 0. The Morgan fingerprint density at radius 1 is 1.44 bits per heavy atom. The summed E-state index contributed by atoms with van der Waals surface area (Å²) in [5, 5.41) is 3.88. The molecule has 0 radical (unpaired) electrons. The molecule has 0 saturated carbocycles. The normalized spacial score (nSPS) is 10.6. The van der Waals surface area contributed by atoms with Crippen molar-refractivity contribution in [3.8, 4) is 0 Å². The van der Waals surface area contributed by atoms with Gasteiger partial charge in [-0.05, 0) is 5.92 Å². The Hall–Kier alpha value is -1.52. The van der Waals surface area contributed by atoms with Gasteiger partial charge in [0.1, 0.15) is 5.76 Å². The maximum atomic E-state index is 11.6. The fraction of sp³-hybridized carbons (Fsp3) is 0.636. The van der Waals surface area contributed by atoms with E-state index in [1.165, 1.54) is 9.80 Å². The third-order valence-corrected chi connectivity index (χ3v) is 2.17. The average molecular weight is 225 g/mol. The molecule has 0 aromatic carbocycles.